The Hall–Kier alpha value is -1.74. The number of piperidine rings is 1. The van der Waals surface area contributed by atoms with Crippen LogP contribution in [0.5, 0.6) is 5.75 Å². The van der Waals surface area contributed by atoms with Crippen LogP contribution in [0.1, 0.15) is 31.4 Å². The molecule has 1 aromatic heterocycles. The number of nitrogens with zero attached hydrogens (tertiary/aromatic N) is 1. The van der Waals surface area contributed by atoms with Gasteiger partial charge in [-0.05, 0) is 37.1 Å². The zero-order valence-corrected chi connectivity index (χ0v) is 11.4. The lowest BCUT2D eigenvalue weighted by atomic mass is 9.83. The van der Waals surface area contributed by atoms with Crippen molar-refractivity contribution in [2.45, 2.75) is 43.4 Å². The Morgan fingerprint density at radius 1 is 1.05 bits per heavy atom. The predicted octanol–water partition coefficient (Wildman–Crippen LogP) is 2.98. The minimum Gasteiger partial charge on any atom is -0.479 e. The van der Waals surface area contributed by atoms with Crippen LogP contribution < -0.4 is 10.1 Å². The maximum absolute atomic E-state index is 6.57. The van der Waals surface area contributed by atoms with E-state index in [1.807, 2.05) is 0 Å². The van der Waals surface area contributed by atoms with Gasteiger partial charge in [0.2, 0.25) is 0 Å². The molecule has 2 fully saturated rings. The molecule has 5 rings (SSSR count). The van der Waals surface area contributed by atoms with Crippen LogP contribution in [-0.2, 0) is 5.60 Å². The molecule has 2 aromatic rings. The van der Waals surface area contributed by atoms with Crippen LogP contribution in [0.2, 0.25) is 0 Å². The Morgan fingerprint density at radius 2 is 1.85 bits per heavy atom. The van der Waals surface area contributed by atoms with Crippen LogP contribution in [0, 0.1) is 0 Å². The van der Waals surface area contributed by atoms with Crippen molar-refractivity contribution in [1.29, 1.82) is 0 Å². The minimum atomic E-state index is -0.130. The third-order valence-corrected chi connectivity index (χ3v) is 5.13. The molecule has 2 unspecified atom stereocenters. The highest BCUT2D eigenvalue weighted by Gasteiger charge is 2.49. The Balaban J connectivity index is 1.70. The van der Waals surface area contributed by atoms with E-state index in [4.69, 9.17) is 4.74 Å². The van der Waals surface area contributed by atoms with Gasteiger partial charge in [0.05, 0.1) is 11.4 Å². The molecule has 0 aliphatic carbocycles. The smallest absolute Gasteiger partial charge is 0.152 e. The average molecular weight is 266 g/mol. The highest BCUT2D eigenvalue weighted by molar-refractivity contribution is 5.52. The predicted molar refractivity (Wildman–Crippen MR) is 77.3 cm³/mol. The summed E-state index contributed by atoms with van der Waals surface area (Å²) >= 11 is 0. The maximum Gasteiger partial charge on any atom is 0.152 e. The first kappa shape index (κ1) is 11.0. The Labute approximate surface area is 118 Å². The number of nitrogens with one attached hydrogen (secondary N) is 1. The Bertz CT molecular complexity index is 663. The molecule has 0 amide bonds. The van der Waals surface area contributed by atoms with Crippen molar-refractivity contribution in [2.75, 3.05) is 0 Å². The molecule has 1 aromatic carbocycles. The number of benzene rings is 1. The lowest BCUT2D eigenvalue weighted by molar-refractivity contribution is 0.00249. The van der Waals surface area contributed by atoms with Crippen molar-refractivity contribution in [3.8, 4) is 11.4 Å². The molecule has 3 heteroatoms. The second kappa shape index (κ2) is 3.67. The van der Waals surface area contributed by atoms with Gasteiger partial charge in [-0.3, -0.25) is 0 Å². The molecule has 4 heterocycles. The third-order valence-electron chi connectivity index (χ3n) is 5.13. The van der Waals surface area contributed by atoms with Gasteiger partial charge in [0.1, 0.15) is 5.75 Å². The van der Waals surface area contributed by atoms with Crippen molar-refractivity contribution < 1.29 is 4.74 Å². The van der Waals surface area contributed by atoms with Gasteiger partial charge in [-0.25, -0.2) is 0 Å². The van der Waals surface area contributed by atoms with Gasteiger partial charge in [0.25, 0.3) is 0 Å². The van der Waals surface area contributed by atoms with E-state index in [2.05, 4.69) is 52.5 Å². The van der Waals surface area contributed by atoms with Crippen LogP contribution in [0.4, 0.5) is 0 Å². The van der Waals surface area contributed by atoms with E-state index >= 15 is 0 Å². The summed E-state index contributed by atoms with van der Waals surface area (Å²) in [4.78, 5) is 0. The van der Waals surface area contributed by atoms with Gasteiger partial charge in [0, 0.05) is 31.1 Å². The number of hydrogen-bond acceptors (Lipinski definition) is 2. The minimum absolute atomic E-state index is 0.130. The zero-order chi connectivity index (χ0) is 13.2. The standard InChI is InChI=1S/C17H18N2O/c1-2-5-15-14(4-1)19-9-3-6-16(19)17(20-15)10-12-7-8-13(11-17)18-12/h1-6,9,12-13,18H,7-8,10-11H2. The van der Waals surface area contributed by atoms with Crippen molar-refractivity contribution in [3.63, 3.8) is 0 Å². The molecule has 3 aliphatic rings. The van der Waals surface area contributed by atoms with Gasteiger partial charge in [-0.1, -0.05) is 12.1 Å². The van der Waals surface area contributed by atoms with Gasteiger partial charge >= 0.3 is 0 Å². The molecule has 20 heavy (non-hydrogen) atoms. The van der Waals surface area contributed by atoms with Crippen LogP contribution >= 0.6 is 0 Å². The molecule has 3 nitrogen and oxygen atoms in total. The van der Waals surface area contributed by atoms with Gasteiger partial charge in [-0.15, -0.1) is 0 Å². The lowest BCUT2D eigenvalue weighted by Gasteiger charge is -2.44. The highest BCUT2D eigenvalue weighted by atomic mass is 16.5. The number of fused-ring (bicyclic) bond motifs is 6. The fourth-order valence-electron chi connectivity index (χ4n) is 4.36. The molecule has 0 radical (unpaired) electrons. The van der Waals surface area contributed by atoms with Crippen molar-refractivity contribution in [3.05, 3.63) is 48.3 Å². The molecule has 102 valence electrons. The van der Waals surface area contributed by atoms with E-state index in [0.717, 1.165) is 18.6 Å². The molecule has 0 saturated carbocycles. The van der Waals surface area contributed by atoms with Gasteiger partial charge in [-0.2, -0.15) is 0 Å². The molecule has 2 atom stereocenters. The highest BCUT2D eigenvalue weighted by Crippen LogP contribution is 2.48. The third kappa shape index (κ3) is 1.33. The average Bonchev–Trinajstić information content (AvgIpc) is 3.07. The molecule has 2 bridgehead atoms. The summed E-state index contributed by atoms with van der Waals surface area (Å²) in [6, 6.07) is 14.0. The summed E-state index contributed by atoms with van der Waals surface area (Å²) in [5.41, 5.74) is 2.37. The molecule has 1 N–H and O–H groups in total. The first-order valence-corrected chi connectivity index (χ1v) is 7.56. The van der Waals surface area contributed by atoms with Crippen LogP contribution in [0.25, 0.3) is 5.69 Å². The summed E-state index contributed by atoms with van der Waals surface area (Å²) in [5, 5.41) is 3.72. The number of aromatic nitrogens is 1. The molecule has 2 saturated heterocycles. The van der Waals surface area contributed by atoms with Gasteiger partial charge in [0.15, 0.2) is 5.60 Å². The summed E-state index contributed by atoms with van der Waals surface area (Å²) in [7, 11) is 0. The largest absolute Gasteiger partial charge is 0.479 e. The fraction of sp³-hybridized carbons (Fsp3) is 0.412. The quantitative estimate of drug-likeness (QED) is 0.793. The van der Waals surface area contributed by atoms with Crippen molar-refractivity contribution >= 4 is 0 Å². The van der Waals surface area contributed by atoms with E-state index in [1.165, 1.54) is 24.2 Å². The van der Waals surface area contributed by atoms with E-state index in [9.17, 15) is 0 Å². The number of rotatable bonds is 0. The van der Waals surface area contributed by atoms with Crippen molar-refractivity contribution in [2.24, 2.45) is 0 Å². The lowest BCUT2D eigenvalue weighted by Crippen LogP contribution is -2.51. The molecular formula is C17H18N2O. The summed E-state index contributed by atoms with van der Waals surface area (Å²) in [5.74, 6) is 1.03. The number of ether oxygens (including phenoxy) is 1. The van der Waals surface area contributed by atoms with Crippen LogP contribution in [0.15, 0.2) is 42.6 Å². The first-order valence-electron chi connectivity index (χ1n) is 7.56. The molecule has 1 spiro atoms. The zero-order valence-electron chi connectivity index (χ0n) is 11.4. The summed E-state index contributed by atoms with van der Waals surface area (Å²) in [6.07, 6.45) is 6.92. The second-order valence-corrected chi connectivity index (χ2v) is 6.37. The first-order chi connectivity index (χ1) is 9.84. The van der Waals surface area contributed by atoms with Gasteiger partial charge < -0.3 is 14.6 Å². The molecular weight excluding hydrogens is 248 g/mol. The number of hydrogen-bond donors (Lipinski definition) is 1. The summed E-state index contributed by atoms with van der Waals surface area (Å²) in [6.45, 7) is 0. The van der Waals surface area contributed by atoms with E-state index in [-0.39, 0.29) is 5.60 Å². The monoisotopic (exact) mass is 266 g/mol. The topological polar surface area (TPSA) is 26.2 Å². The fourth-order valence-corrected chi connectivity index (χ4v) is 4.36. The Morgan fingerprint density at radius 3 is 2.70 bits per heavy atom. The number of para-hydroxylation sites is 2. The van der Waals surface area contributed by atoms with E-state index < -0.39 is 0 Å². The Kier molecular flexibility index (Phi) is 2.01. The van der Waals surface area contributed by atoms with Crippen LogP contribution in [0.3, 0.4) is 0 Å². The van der Waals surface area contributed by atoms with Crippen molar-refractivity contribution in [1.82, 2.24) is 9.88 Å². The normalized spacial score (nSPS) is 33.6. The molecule has 3 aliphatic heterocycles. The second-order valence-electron chi connectivity index (χ2n) is 6.37. The SMILES string of the molecule is c1ccc2c(c1)OC1(CC3CCC(C1)N3)c1cccn1-2. The summed E-state index contributed by atoms with van der Waals surface area (Å²) < 4.78 is 8.89. The van der Waals surface area contributed by atoms with Crippen LogP contribution in [-0.4, -0.2) is 16.7 Å². The van der Waals surface area contributed by atoms with E-state index in [0.29, 0.717) is 12.1 Å². The maximum atomic E-state index is 6.57. The van der Waals surface area contributed by atoms with E-state index in [1.54, 1.807) is 0 Å².